The van der Waals surface area contributed by atoms with Gasteiger partial charge in [-0.2, -0.15) is 0 Å². The normalized spacial score (nSPS) is 17.2. The van der Waals surface area contributed by atoms with Gasteiger partial charge in [-0.1, -0.05) is 24.3 Å². The number of primary amides is 1. The molecule has 4 rings (SSSR count). The number of hydrogen-bond donors (Lipinski definition) is 2. The lowest BCUT2D eigenvalue weighted by atomic mass is 9.87. The van der Waals surface area contributed by atoms with Gasteiger partial charge in [-0.15, -0.1) is 0 Å². The molecule has 0 unspecified atom stereocenters. The van der Waals surface area contributed by atoms with Gasteiger partial charge in [0.05, 0.1) is 11.9 Å². The Hall–Kier alpha value is -2.89. The van der Waals surface area contributed by atoms with Crippen molar-refractivity contribution in [2.45, 2.75) is 24.8 Å². The van der Waals surface area contributed by atoms with E-state index in [4.69, 9.17) is 5.73 Å². The van der Waals surface area contributed by atoms with E-state index in [1.165, 1.54) is 23.4 Å². The maximum Gasteiger partial charge on any atom is 0.322 e. The second-order valence-electron chi connectivity index (χ2n) is 6.52. The molecule has 1 aliphatic heterocycles. The number of pyridine rings is 1. The standard InChI is InChI=1S/C18H18N4O2/c19-16(23)15-6-5-13(9-20-15)21-17(24)22-10-12-3-1-2-4-14(12)18(11-22)7-8-18/h1-6,9H,7-8,10-11H2,(H2,19,23)(H,21,24). The molecule has 0 radical (unpaired) electrons. The predicted molar refractivity (Wildman–Crippen MR) is 89.5 cm³/mol. The molecule has 1 fully saturated rings. The molecule has 2 heterocycles. The minimum absolute atomic E-state index is 0.139. The third-order valence-corrected chi connectivity index (χ3v) is 4.85. The van der Waals surface area contributed by atoms with Gasteiger partial charge >= 0.3 is 6.03 Å². The van der Waals surface area contributed by atoms with Crippen LogP contribution in [0, 0.1) is 0 Å². The van der Waals surface area contributed by atoms with Gasteiger partial charge in [0.15, 0.2) is 0 Å². The minimum Gasteiger partial charge on any atom is -0.364 e. The van der Waals surface area contributed by atoms with Crippen molar-refractivity contribution >= 4 is 17.6 Å². The Morgan fingerprint density at radius 2 is 1.96 bits per heavy atom. The molecule has 1 aliphatic carbocycles. The maximum atomic E-state index is 12.6. The fourth-order valence-corrected chi connectivity index (χ4v) is 3.43. The van der Waals surface area contributed by atoms with Crippen LogP contribution in [0.5, 0.6) is 0 Å². The highest BCUT2D eigenvalue weighted by molar-refractivity contribution is 5.92. The van der Waals surface area contributed by atoms with Gasteiger partial charge in [0.2, 0.25) is 0 Å². The summed E-state index contributed by atoms with van der Waals surface area (Å²) in [6.07, 6.45) is 3.70. The largest absolute Gasteiger partial charge is 0.364 e. The number of hydrogen-bond acceptors (Lipinski definition) is 3. The molecule has 3 N–H and O–H groups in total. The predicted octanol–water partition coefficient (Wildman–Crippen LogP) is 2.26. The summed E-state index contributed by atoms with van der Waals surface area (Å²) in [6, 6.07) is 11.4. The monoisotopic (exact) mass is 322 g/mol. The molecule has 2 aromatic rings. The zero-order chi connectivity index (χ0) is 16.7. The molecule has 1 aromatic heterocycles. The highest BCUT2D eigenvalue weighted by Gasteiger charge is 2.49. The van der Waals surface area contributed by atoms with Crippen LogP contribution in [0.2, 0.25) is 0 Å². The van der Waals surface area contributed by atoms with Crippen molar-refractivity contribution in [2.75, 3.05) is 11.9 Å². The lowest BCUT2D eigenvalue weighted by Crippen LogP contribution is -2.43. The Morgan fingerprint density at radius 1 is 1.17 bits per heavy atom. The Labute approximate surface area is 139 Å². The van der Waals surface area contributed by atoms with Crippen molar-refractivity contribution in [3.05, 3.63) is 59.4 Å². The Bertz CT molecular complexity index is 812. The molecule has 3 amide bonds. The summed E-state index contributed by atoms with van der Waals surface area (Å²) >= 11 is 0. The van der Waals surface area contributed by atoms with Crippen molar-refractivity contribution in [1.29, 1.82) is 0 Å². The van der Waals surface area contributed by atoms with Crippen LogP contribution in [0.25, 0.3) is 0 Å². The SMILES string of the molecule is NC(=O)c1ccc(NC(=O)N2Cc3ccccc3C3(CC3)C2)cn1. The number of rotatable bonds is 2. The zero-order valence-electron chi connectivity index (χ0n) is 13.2. The van der Waals surface area contributed by atoms with Crippen LogP contribution in [-0.2, 0) is 12.0 Å². The third kappa shape index (κ3) is 2.50. The van der Waals surface area contributed by atoms with E-state index in [-0.39, 0.29) is 17.1 Å². The van der Waals surface area contributed by atoms with Gasteiger partial charge in [0, 0.05) is 18.5 Å². The molecule has 122 valence electrons. The number of nitrogens with zero attached hydrogens (tertiary/aromatic N) is 2. The average Bonchev–Trinajstić information content (AvgIpc) is 3.35. The van der Waals surface area contributed by atoms with E-state index < -0.39 is 5.91 Å². The van der Waals surface area contributed by atoms with Crippen LogP contribution in [0.4, 0.5) is 10.5 Å². The lowest BCUT2D eigenvalue weighted by Gasteiger charge is -2.35. The number of carbonyl (C=O) groups excluding carboxylic acids is 2. The summed E-state index contributed by atoms with van der Waals surface area (Å²) in [5.41, 5.74) is 8.64. The molecule has 0 saturated heterocycles. The summed E-state index contributed by atoms with van der Waals surface area (Å²) in [6.45, 7) is 1.35. The minimum atomic E-state index is -0.587. The first kappa shape index (κ1) is 14.7. The van der Waals surface area contributed by atoms with Crippen LogP contribution in [0.1, 0.15) is 34.5 Å². The molecule has 0 atom stereocenters. The van der Waals surface area contributed by atoms with E-state index >= 15 is 0 Å². The molecule has 24 heavy (non-hydrogen) atoms. The quantitative estimate of drug-likeness (QED) is 0.889. The molecular weight excluding hydrogens is 304 g/mol. The van der Waals surface area contributed by atoms with E-state index in [0.717, 1.165) is 19.4 Å². The number of nitrogens with one attached hydrogen (secondary N) is 1. The van der Waals surface area contributed by atoms with Crippen LogP contribution < -0.4 is 11.1 Å². The first-order chi connectivity index (χ1) is 11.6. The fraction of sp³-hybridized carbons (Fsp3) is 0.278. The summed E-state index contributed by atoms with van der Waals surface area (Å²) in [5.74, 6) is -0.587. The average molecular weight is 322 g/mol. The van der Waals surface area contributed by atoms with Crippen LogP contribution in [-0.4, -0.2) is 28.4 Å². The molecule has 6 heteroatoms. The number of aromatic nitrogens is 1. The molecule has 1 saturated carbocycles. The molecule has 0 bridgehead atoms. The van der Waals surface area contributed by atoms with Crippen LogP contribution in [0.3, 0.4) is 0 Å². The molecular formula is C18H18N4O2. The summed E-state index contributed by atoms with van der Waals surface area (Å²) in [4.78, 5) is 29.4. The van der Waals surface area contributed by atoms with Crippen molar-refractivity contribution in [3.63, 3.8) is 0 Å². The third-order valence-electron chi connectivity index (χ3n) is 4.85. The first-order valence-electron chi connectivity index (χ1n) is 7.98. The number of nitrogens with two attached hydrogens (primary N) is 1. The first-order valence-corrected chi connectivity index (χ1v) is 7.98. The molecule has 6 nitrogen and oxygen atoms in total. The number of urea groups is 1. The number of carbonyl (C=O) groups is 2. The van der Waals surface area contributed by atoms with Gasteiger partial charge in [-0.25, -0.2) is 9.78 Å². The molecule has 2 aliphatic rings. The summed E-state index contributed by atoms with van der Waals surface area (Å²) in [7, 11) is 0. The zero-order valence-corrected chi connectivity index (χ0v) is 13.2. The van der Waals surface area contributed by atoms with Gasteiger partial charge < -0.3 is 16.0 Å². The van der Waals surface area contributed by atoms with E-state index in [0.29, 0.717) is 12.2 Å². The fourth-order valence-electron chi connectivity index (χ4n) is 3.43. The lowest BCUT2D eigenvalue weighted by molar-refractivity contribution is 0.0995. The van der Waals surface area contributed by atoms with Crippen LogP contribution >= 0.6 is 0 Å². The van der Waals surface area contributed by atoms with Gasteiger partial charge in [0.1, 0.15) is 5.69 Å². The topological polar surface area (TPSA) is 88.3 Å². The second kappa shape index (κ2) is 5.33. The van der Waals surface area contributed by atoms with Gasteiger partial charge in [-0.3, -0.25) is 4.79 Å². The smallest absolute Gasteiger partial charge is 0.322 e. The molecule has 1 aromatic carbocycles. The van der Waals surface area contributed by atoms with E-state index in [9.17, 15) is 9.59 Å². The van der Waals surface area contributed by atoms with Crippen molar-refractivity contribution in [1.82, 2.24) is 9.88 Å². The maximum absolute atomic E-state index is 12.6. The Morgan fingerprint density at radius 3 is 2.62 bits per heavy atom. The number of amides is 3. The van der Waals surface area contributed by atoms with E-state index in [1.54, 1.807) is 6.07 Å². The molecule has 1 spiro atoms. The van der Waals surface area contributed by atoms with Crippen molar-refractivity contribution in [2.24, 2.45) is 5.73 Å². The van der Waals surface area contributed by atoms with Crippen molar-refractivity contribution < 1.29 is 9.59 Å². The summed E-state index contributed by atoms with van der Waals surface area (Å²) < 4.78 is 0. The number of fused-ring (bicyclic) bond motifs is 2. The van der Waals surface area contributed by atoms with E-state index in [1.807, 2.05) is 11.0 Å². The number of anilines is 1. The van der Waals surface area contributed by atoms with E-state index in [2.05, 4.69) is 28.5 Å². The van der Waals surface area contributed by atoms with Crippen LogP contribution in [0.15, 0.2) is 42.6 Å². The number of benzene rings is 1. The van der Waals surface area contributed by atoms with Crippen molar-refractivity contribution in [3.8, 4) is 0 Å². The van der Waals surface area contributed by atoms with Gasteiger partial charge in [-0.05, 0) is 36.1 Å². The Kier molecular flexibility index (Phi) is 3.26. The highest BCUT2D eigenvalue weighted by atomic mass is 16.2. The van der Waals surface area contributed by atoms with Gasteiger partial charge in [0.25, 0.3) is 5.91 Å². The second-order valence-corrected chi connectivity index (χ2v) is 6.52. The highest BCUT2D eigenvalue weighted by Crippen LogP contribution is 2.52. The summed E-state index contributed by atoms with van der Waals surface area (Å²) in [5, 5.41) is 2.85. The Balaban J connectivity index is 1.51.